The Kier molecular flexibility index (Phi) is 6.71. The van der Waals surface area contributed by atoms with Crippen LogP contribution in [0.3, 0.4) is 0 Å². The summed E-state index contributed by atoms with van der Waals surface area (Å²) in [5, 5.41) is 0. The highest BCUT2D eigenvalue weighted by Crippen LogP contribution is 2.45. The van der Waals surface area contributed by atoms with E-state index in [0.717, 1.165) is 24.9 Å². The Morgan fingerprint density at radius 3 is 2.44 bits per heavy atom. The van der Waals surface area contributed by atoms with E-state index >= 15 is 0 Å². The Labute approximate surface area is 150 Å². The molecule has 0 radical (unpaired) electrons. The lowest BCUT2D eigenvalue weighted by Gasteiger charge is -2.31. The summed E-state index contributed by atoms with van der Waals surface area (Å²) in [6.07, 6.45) is 1.92. The molecule has 4 heteroatoms. The van der Waals surface area contributed by atoms with Crippen LogP contribution in [0.5, 0.6) is 0 Å². The summed E-state index contributed by atoms with van der Waals surface area (Å²) in [4.78, 5) is 2.18. The van der Waals surface area contributed by atoms with Gasteiger partial charge in [0.2, 0.25) is 0 Å². The molecule has 3 rings (SSSR count). The van der Waals surface area contributed by atoms with E-state index in [1.807, 2.05) is 12.1 Å². The summed E-state index contributed by atoms with van der Waals surface area (Å²) in [5.74, 6) is -0.209. The molecule has 0 spiro atoms. The molecule has 0 bridgehead atoms. The van der Waals surface area contributed by atoms with E-state index in [9.17, 15) is 4.39 Å². The molecule has 1 aliphatic rings. The van der Waals surface area contributed by atoms with Gasteiger partial charge in [-0.1, -0.05) is 35.9 Å². The highest BCUT2D eigenvalue weighted by molar-refractivity contribution is 5.45. The van der Waals surface area contributed by atoms with Crippen LogP contribution in [-0.4, -0.2) is 32.6 Å². The summed E-state index contributed by atoms with van der Waals surface area (Å²) in [6, 6.07) is 13.3. The van der Waals surface area contributed by atoms with E-state index < -0.39 is 5.60 Å². The molecule has 0 saturated carbocycles. The van der Waals surface area contributed by atoms with Crippen molar-refractivity contribution in [3.8, 4) is 0 Å². The van der Waals surface area contributed by atoms with Crippen LogP contribution in [0.15, 0.2) is 42.5 Å². The molecule has 2 N–H and O–H groups in total. The van der Waals surface area contributed by atoms with Crippen molar-refractivity contribution in [1.29, 1.82) is 0 Å². The zero-order chi connectivity index (χ0) is 18.4. The smallest absolute Gasteiger partial charge is 0.123 e. The van der Waals surface area contributed by atoms with Gasteiger partial charge in [0, 0.05) is 0 Å². The van der Waals surface area contributed by atoms with Gasteiger partial charge >= 0.3 is 0 Å². The van der Waals surface area contributed by atoms with E-state index in [1.165, 1.54) is 35.9 Å². The minimum Gasteiger partial charge on any atom is -0.361 e. The first-order valence-electron chi connectivity index (χ1n) is 8.74. The summed E-state index contributed by atoms with van der Waals surface area (Å²) in [7, 11) is 5.66. The Morgan fingerprint density at radius 2 is 1.80 bits per heavy atom. The summed E-state index contributed by atoms with van der Waals surface area (Å²) in [6.45, 7) is 3.73. The molecule has 25 heavy (non-hydrogen) atoms. The second kappa shape index (κ2) is 8.56. The third kappa shape index (κ3) is 4.27. The molecule has 0 fully saturated rings. The number of fused-ring (bicyclic) bond motifs is 1. The van der Waals surface area contributed by atoms with Gasteiger partial charge in [-0.15, -0.1) is 0 Å². The number of rotatable bonds is 5. The fraction of sp³-hybridized carbons (Fsp3) is 0.429. The molecule has 136 valence electrons. The van der Waals surface area contributed by atoms with Crippen LogP contribution in [0.25, 0.3) is 0 Å². The van der Waals surface area contributed by atoms with E-state index in [2.05, 4.69) is 49.9 Å². The van der Waals surface area contributed by atoms with Crippen LogP contribution in [0.2, 0.25) is 0 Å². The first kappa shape index (κ1) is 19.6. The molecule has 0 saturated heterocycles. The summed E-state index contributed by atoms with van der Waals surface area (Å²) in [5.41, 5.74) is 8.82. The molecular formula is C21H29FN2O. The summed E-state index contributed by atoms with van der Waals surface area (Å²) >= 11 is 0. The fourth-order valence-electron chi connectivity index (χ4n) is 3.47. The maximum absolute atomic E-state index is 13.4. The molecule has 1 unspecified atom stereocenters. The number of benzene rings is 2. The molecule has 0 amide bonds. The Hall–Kier alpha value is -1.75. The number of ether oxygens (including phenoxy) is 1. The minimum atomic E-state index is -0.452. The average Bonchev–Trinajstić information content (AvgIpc) is 2.96. The topological polar surface area (TPSA) is 38.5 Å². The lowest BCUT2D eigenvalue weighted by molar-refractivity contribution is -0.0140. The minimum absolute atomic E-state index is 0.209. The van der Waals surface area contributed by atoms with Gasteiger partial charge < -0.3 is 15.4 Å². The van der Waals surface area contributed by atoms with Crippen molar-refractivity contribution in [2.24, 2.45) is 5.73 Å². The first-order chi connectivity index (χ1) is 12.0. The quantitative estimate of drug-likeness (QED) is 0.896. The normalized spacial score (nSPS) is 18.7. The van der Waals surface area contributed by atoms with Crippen molar-refractivity contribution in [1.82, 2.24) is 4.90 Å². The lowest BCUT2D eigenvalue weighted by Crippen LogP contribution is -2.28. The average molecular weight is 344 g/mol. The van der Waals surface area contributed by atoms with Gasteiger partial charge in [0.1, 0.15) is 11.4 Å². The van der Waals surface area contributed by atoms with Crippen molar-refractivity contribution >= 4 is 0 Å². The standard InChI is InChI=1S/C20H24FNO.CH5N/c1-15-5-10-19-16(13-15)14-23-20(19,11-4-12-22(2)3)17-6-8-18(21)9-7-17;1-2/h5-10,13H,4,11-12,14H2,1-3H3;2H2,1H3. The van der Waals surface area contributed by atoms with Crippen LogP contribution in [0.1, 0.15) is 35.1 Å². The third-order valence-corrected chi connectivity index (χ3v) is 4.61. The van der Waals surface area contributed by atoms with Crippen molar-refractivity contribution < 1.29 is 9.13 Å². The number of hydrogen-bond donors (Lipinski definition) is 1. The van der Waals surface area contributed by atoms with Crippen LogP contribution in [0, 0.1) is 12.7 Å². The second-order valence-corrected chi connectivity index (χ2v) is 6.69. The molecule has 2 aromatic carbocycles. The van der Waals surface area contributed by atoms with Gasteiger partial charge in [0.05, 0.1) is 6.61 Å². The predicted molar refractivity (Wildman–Crippen MR) is 101 cm³/mol. The van der Waals surface area contributed by atoms with E-state index in [4.69, 9.17) is 4.74 Å². The van der Waals surface area contributed by atoms with Crippen LogP contribution in [0.4, 0.5) is 4.39 Å². The Bertz CT molecular complexity index is 685. The third-order valence-electron chi connectivity index (χ3n) is 4.61. The van der Waals surface area contributed by atoms with Crippen molar-refractivity contribution in [3.05, 3.63) is 70.5 Å². The lowest BCUT2D eigenvalue weighted by atomic mass is 9.81. The predicted octanol–water partition coefficient (Wildman–Crippen LogP) is 3.82. The first-order valence-corrected chi connectivity index (χ1v) is 8.74. The summed E-state index contributed by atoms with van der Waals surface area (Å²) < 4.78 is 19.7. The molecule has 3 nitrogen and oxygen atoms in total. The number of aryl methyl sites for hydroxylation is 1. The van der Waals surface area contributed by atoms with E-state index in [-0.39, 0.29) is 5.82 Å². The van der Waals surface area contributed by atoms with Gasteiger partial charge in [0.25, 0.3) is 0 Å². The maximum atomic E-state index is 13.4. The van der Waals surface area contributed by atoms with E-state index in [1.54, 1.807) is 0 Å². The fourth-order valence-corrected chi connectivity index (χ4v) is 3.47. The number of halogens is 1. The molecule has 2 aromatic rings. The van der Waals surface area contributed by atoms with Gasteiger partial charge in [-0.25, -0.2) is 4.39 Å². The molecule has 1 atom stereocenters. The Balaban J connectivity index is 0.00000109. The zero-order valence-corrected chi connectivity index (χ0v) is 15.7. The molecule has 1 aliphatic heterocycles. The molecule has 0 aromatic heterocycles. The van der Waals surface area contributed by atoms with Crippen LogP contribution < -0.4 is 5.73 Å². The van der Waals surface area contributed by atoms with Crippen LogP contribution in [-0.2, 0) is 16.9 Å². The van der Waals surface area contributed by atoms with E-state index in [0.29, 0.717) is 6.61 Å². The molecule has 1 heterocycles. The van der Waals surface area contributed by atoms with Gasteiger partial charge in [0.15, 0.2) is 0 Å². The van der Waals surface area contributed by atoms with Crippen LogP contribution >= 0.6 is 0 Å². The SMILES string of the molecule is CN.Cc1ccc2c(c1)COC2(CCCN(C)C)c1ccc(F)cc1. The van der Waals surface area contributed by atoms with Crippen molar-refractivity contribution in [3.63, 3.8) is 0 Å². The highest BCUT2D eigenvalue weighted by Gasteiger charge is 2.41. The van der Waals surface area contributed by atoms with Gasteiger partial charge in [-0.3, -0.25) is 0 Å². The number of nitrogens with zero attached hydrogens (tertiary/aromatic N) is 1. The maximum Gasteiger partial charge on any atom is 0.123 e. The largest absolute Gasteiger partial charge is 0.361 e. The molecule has 0 aliphatic carbocycles. The zero-order valence-electron chi connectivity index (χ0n) is 15.7. The monoisotopic (exact) mass is 344 g/mol. The van der Waals surface area contributed by atoms with Crippen molar-refractivity contribution in [2.75, 3.05) is 27.7 Å². The Morgan fingerprint density at radius 1 is 1.12 bits per heavy atom. The second-order valence-electron chi connectivity index (χ2n) is 6.69. The van der Waals surface area contributed by atoms with Gasteiger partial charge in [-0.05, 0) is 76.3 Å². The highest BCUT2D eigenvalue weighted by atomic mass is 19.1. The van der Waals surface area contributed by atoms with Crippen molar-refractivity contribution in [2.45, 2.75) is 32.0 Å². The molecular weight excluding hydrogens is 315 g/mol. The number of nitrogens with two attached hydrogens (primary N) is 1. The number of hydrogen-bond acceptors (Lipinski definition) is 3. The van der Waals surface area contributed by atoms with Gasteiger partial charge in [-0.2, -0.15) is 0 Å².